The van der Waals surface area contributed by atoms with E-state index >= 15 is 0 Å². The van der Waals surface area contributed by atoms with Gasteiger partial charge in [0.25, 0.3) is 6.47 Å². The summed E-state index contributed by atoms with van der Waals surface area (Å²) in [6.07, 6.45) is 9.80. The number of aromatic nitrogens is 2. The molecule has 0 bridgehead atoms. The number of carboxylic acid groups (broad SMARTS) is 1. The van der Waals surface area contributed by atoms with Crippen molar-refractivity contribution in [2.24, 2.45) is 13.0 Å². The van der Waals surface area contributed by atoms with Gasteiger partial charge in [0.2, 0.25) is 11.8 Å². The lowest BCUT2D eigenvalue weighted by Crippen LogP contribution is -2.44. The van der Waals surface area contributed by atoms with E-state index < -0.39 is 5.41 Å². The van der Waals surface area contributed by atoms with E-state index in [2.05, 4.69) is 10.4 Å². The summed E-state index contributed by atoms with van der Waals surface area (Å²) >= 11 is 0. The number of nitrogens with one attached hydrogen (secondary N) is 1. The third kappa shape index (κ3) is 3.49. The van der Waals surface area contributed by atoms with Crippen LogP contribution in [0.25, 0.3) is 0 Å². The van der Waals surface area contributed by atoms with E-state index in [0.29, 0.717) is 13.0 Å². The highest BCUT2D eigenvalue weighted by molar-refractivity contribution is 6.07. The Labute approximate surface area is 181 Å². The second-order valence-corrected chi connectivity index (χ2v) is 8.54. The van der Waals surface area contributed by atoms with Gasteiger partial charge in [0.1, 0.15) is 5.41 Å². The standard InChI is InChI=1S/C22H26N4O2.CH2O2/c1-25-14-16(13-23-25)19-22(17-9-5-6-10-18(17)24-21(22)28)11-12-26(19)20(27)15-7-3-2-4-8-15;2-1-3/h5-6,9-10,13-15,19H,2-4,7-8,11-12H2,1H3,(H,24,28);1H,(H,2,3). The lowest BCUT2D eigenvalue weighted by Gasteiger charge is -2.35. The molecule has 1 aromatic heterocycles. The van der Waals surface area contributed by atoms with Crippen LogP contribution in [-0.4, -0.2) is 44.6 Å². The SMILES string of the molecule is Cn1cc(C2N(C(=O)C3CCCCC3)CCC23C(=O)Nc2ccccc23)cn1.O=CO. The second kappa shape index (κ2) is 8.53. The number of carbonyl (C=O) groups excluding carboxylic acids is 2. The van der Waals surface area contributed by atoms with Crippen LogP contribution in [0.5, 0.6) is 0 Å². The van der Waals surface area contributed by atoms with E-state index in [1.54, 1.807) is 4.68 Å². The molecule has 0 radical (unpaired) electrons. The molecule has 2 aliphatic heterocycles. The van der Waals surface area contributed by atoms with Gasteiger partial charge < -0.3 is 15.3 Å². The van der Waals surface area contributed by atoms with Gasteiger partial charge in [-0.3, -0.25) is 19.1 Å². The molecule has 2 N–H and O–H groups in total. The maximum Gasteiger partial charge on any atom is 0.290 e. The molecule has 3 aliphatic rings. The lowest BCUT2D eigenvalue weighted by atomic mass is 9.73. The Kier molecular flexibility index (Phi) is 5.80. The fourth-order valence-electron chi connectivity index (χ4n) is 5.55. The molecule has 8 nitrogen and oxygen atoms in total. The van der Waals surface area contributed by atoms with Crippen molar-refractivity contribution in [3.63, 3.8) is 0 Å². The molecule has 3 heterocycles. The van der Waals surface area contributed by atoms with E-state index in [0.717, 1.165) is 42.5 Å². The Bertz CT molecular complexity index is 981. The fraction of sp³-hybridized carbons (Fsp3) is 0.478. The van der Waals surface area contributed by atoms with Crippen molar-refractivity contribution in [1.82, 2.24) is 14.7 Å². The van der Waals surface area contributed by atoms with Crippen molar-refractivity contribution in [2.75, 3.05) is 11.9 Å². The number of anilines is 1. The van der Waals surface area contributed by atoms with Crippen LogP contribution < -0.4 is 5.32 Å². The average Bonchev–Trinajstić information content (AvgIpc) is 3.46. The molecule has 31 heavy (non-hydrogen) atoms. The number of nitrogens with zero attached hydrogens (tertiary/aromatic N) is 3. The number of fused-ring (bicyclic) bond motifs is 2. The van der Waals surface area contributed by atoms with Crippen LogP contribution in [0.2, 0.25) is 0 Å². The summed E-state index contributed by atoms with van der Waals surface area (Å²) in [5.74, 6) is 0.298. The maximum atomic E-state index is 13.5. The summed E-state index contributed by atoms with van der Waals surface area (Å²) in [6, 6.07) is 7.60. The van der Waals surface area contributed by atoms with Crippen LogP contribution in [0.4, 0.5) is 5.69 Å². The van der Waals surface area contributed by atoms with Crippen molar-refractivity contribution in [2.45, 2.75) is 50.0 Å². The van der Waals surface area contributed by atoms with E-state index in [-0.39, 0.29) is 30.2 Å². The van der Waals surface area contributed by atoms with Crippen LogP contribution in [0.3, 0.4) is 0 Å². The molecule has 2 unspecified atom stereocenters. The Balaban J connectivity index is 0.000000730. The van der Waals surface area contributed by atoms with Crippen LogP contribution in [0, 0.1) is 5.92 Å². The summed E-state index contributed by atoms with van der Waals surface area (Å²) in [5.41, 5.74) is 2.08. The smallest absolute Gasteiger partial charge is 0.290 e. The second-order valence-electron chi connectivity index (χ2n) is 8.54. The molecule has 1 saturated heterocycles. The fourth-order valence-corrected chi connectivity index (χ4v) is 5.55. The van der Waals surface area contributed by atoms with Gasteiger partial charge in [-0.2, -0.15) is 5.10 Å². The normalized spacial score (nSPS) is 25.0. The minimum atomic E-state index is -0.732. The highest BCUT2D eigenvalue weighted by Gasteiger charge is 2.59. The molecular weight excluding hydrogens is 396 g/mol. The van der Waals surface area contributed by atoms with Crippen molar-refractivity contribution < 1.29 is 19.5 Å². The van der Waals surface area contributed by atoms with Crippen LogP contribution in [-0.2, 0) is 26.8 Å². The van der Waals surface area contributed by atoms with Crippen molar-refractivity contribution in [1.29, 1.82) is 0 Å². The first-order valence-corrected chi connectivity index (χ1v) is 10.8. The maximum absolute atomic E-state index is 13.5. The van der Waals surface area contributed by atoms with Gasteiger partial charge in [0.15, 0.2) is 0 Å². The summed E-state index contributed by atoms with van der Waals surface area (Å²) in [7, 11) is 1.88. The van der Waals surface area contributed by atoms with Crippen LogP contribution >= 0.6 is 0 Å². The third-order valence-corrected chi connectivity index (χ3v) is 6.86. The van der Waals surface area contributed by atoms with Crippen LogP contribution in [0.1, 0.15) is 55.7 Å². The number of carbonyl (C=O) groups is 3. The minimum Gasteiger partial charge on any atom is -0.483 e. The monoisotopic (exact) mass is 424 g/mol. The summed E-state index contributed by atoms with van der Waals surface area (Å²) in [5, 5.41) is 14.3. The average molecular weight is 425 g/mol. The molecule has 8 heteroatoms. The Morgan fingerprint density at radius 3 is 2.65 bits per heavy atom. The van der Waals surface area contributed by atoms with Gasteiger partial charge in [0, 0.05) is 37.0 Å². The highest BCUT2D eigenvalue weighted by atomic mass is 16.3. The molecule has 2 amide bonds. The van der Waals surface area contributed by atoms with E-state index in [1.165, 1.54) is 6.42 Å². The Morgan fingerprint density at radius 2 is 1.97 bits per heavy atom. The summed E-state index contributed by atoms with van der Waals surface area (Å²) < 4.78 is 1.75. The number of likely N-dealkylation sites (tertiary alicyclic amines) is 1. The summed E-state index contributed by atoms with van der Waals surface area (Å²) in [4.78, 5) is 37.2. The molecule has 5 rings (SSSR count). The molecule has 164 valence electrons. The molecule has 2 aromatic rings. The predicted octanol–water partition coefficient (Wildman–Crippen LogP) is 2.86. The zero-order valence-electron chi connectivity index (χ0n) is 17.7. The number of hydrogen-bond donors (Lipinski definition) is 2. The first-order valence-electron chi connectivity index (χ1n) is 10.8. The molecule has 2 atom stereocenters. The Hall–Kier alpha value is -3.16. The predicted molar refractivity (Wildman–Crippen MR) is 114 cm³/mol. The van der Waals surface area contributed by atoms with Gasteiger partial charge in [-0.1, -0.05) is 37.5 Å². The molecule has 1 aromatic carbocycles. The van der Waals surface area contributed by atoms with E-state index in [9.17, 15) is 9.59 Å². The van der Waals surface area contributed by atoms with Gasteiger partial charge >= 0.3 is 0 Å². The first kappa shape index (κ1) is 21.1. The number of benzene rings is 1. The van der Waals surface area contributed by atoms with Crippen molar-refractivity contribution in [3.8, 4) is 0 Å². The lowest BCUT2D eigenvalue weighted by molar-refractivity contribution is -0.138. The number of amides is 2. The zero-order chi connectivity index (χ0) is 22.0. The highest BCUT2D eigenvalue weighted by Crippen LogP contribution is 2.55. The Morgan fingerprint density at radius 1 is 1.26 bits per heavy atom. The minimum absolute atomic E-state index is 0.00139. The molecule has 2 fully saturated rings. The molecule has 1 saturated carbocycles. The van der Waals surface area contributed by atoms with E-state index in [4.69, 9.17) is 9.90 Å². The van der Waals surface area contributed by atoms with Crippen molar-refractivity contribution >= 4 is 24.0 Å². The van der Waals surface area contributed by atoms with Crippen LogP contribution in [0.15, 0.2) is 36.7 Å². The zero-order valence-corrected chi connectivity index (χ0v) is 17.7. The van der Waals surface area contributed by atoms with E-state index in [1.807, 2.05) is 48.6 Å². The number of rotatable bonds is 2. The third-order valence-electron chi connectivity index (χ3n) is 6.86. The molecule has 1 aliphatic carbocycles. The summed E-state index contributed by atoms with van der Waals surface area (Å²) in [6.45, 7) is 0.358. The van der Waals surface area contributed by atoms with Gasteiger partial charge in [0.05, 0.1) is 12.2 Å². The first-order chi connectivity index (χ1) is 15.0. The van der Waals surface area contributed by atoms with Crippen molar-refractivity contribution in [3.05, 3.63) is 47.8 Å². The largest absolute Gasteiger partial charge is 0.483 e. The molecule has 1 spiro atoms. The quantitative estimate of drug-likeness (QED) is 0.722. The topological polar surface area (TPSA) is 105 Å². The number of aryl methyl sites for hydroxylation is 1. The van der Waals surface area contributed by atoms with Gasteiger partial charge in [-0.25, -0.2) is 0 Å². The number of para-hydroxylation sites is 1. The van der Waals surface area contributed by atoms with Gasteiger partial charge in [-0.05, 0) is 30.9 Å². The number of hydrogen-bond acceptors (Lipinski definition) is 4. The molecular formula is C23H28N4O4. The van der Waals surface area contributed by atoms with Gasteiger partial charge in [-0.15, -0.1) is 0 Å².